The quantitative estimate of drug-likeness (QED) is 0.895. The number of aliphatic carboxylic acids is 1. The Balaban J connectivity index is 2.29. The van der Waals surface area contributed by atoms with Crippen molar-refractivity contribution in [3.8, 4) is 0 Å². The van der Waals surface area contributed by atoms with Gasteiger partial charge in [0.15, 0.2) is 0 Å². The molecule has 2 atom stereocenters. The van der Waals surface area contributed by atoms with Gasteiger partial charge in [0.2, 0.25) is 5.91 Å². The molecule has 2 N–H and O–H groups in total. The van der Waals surface area contributed by atoms with Gasteiger partial charge in [-0.3, -0.25) is 9.59 Å². The van der Waals surface area contributed by atoms with E-state index in [0.717, 1.165) is 0 Å². The van der Waals surface area contributed by atoms with E-state index in [1.165, 1.54) is 24.3 Å². The van der Waals surface area contributed by atoms with Crippen molar-refractivity contribution in [2.45, 2.75) is 40.5 Å². The summed E-state index contributed by atoms with van der Waals surface area (Å²) in [5, 5.41) is 12.4. The van der Waals surface area contributed by atoms with Gasteiger partial charge in [0.1, 0.15) is 5.82 Å². The highest BCUT2D eigenvalue weighted by Crippen LogP contribution is 2.62. The first-order valence-electron chi connectivity index (χ1n) is 7.35. The van der Waals surface area contributed by atoms with Gasteiger partial charge in [0.05, 0.1) is 10.8 Å². The van der Waals surface area contributed by atoms with Crippen molar-refractivity contribution in [2.75, 3.05) is 5.32 Å². The first-order valence-corrected chi connectivity index (χ1v) is 7.35. The van der Waals surface area contributed by atoms with Crippen molar-refractivity contribution in [3.05, 3.63) is 30.1 Å². The number of hydrogen-bond donors (Lipinski definition) is 2. The van der Waals surface area contributed by atoms with E-state index in [1.807, 2.05) is 13.8 Å². The number of hydrogen-bond acceptors (Lipinski definition) is 2. The predicted molar refractivity (Wildman–Crippen MR) is 81.9 cm³/mol. The highest BCUT2D eigenvalue weighted by molar-refractivity contribution is 5.97. The van der Waals surface area contributed by atoms with Gasteiger partial charge in [-0.15, -0.1) is 0 Å². The molecule has 1 amide bonds. The van der Waals surface area contributed by atoms with Gasteiger partial charge in [-0.05, 0) is 49.4 Å². The third-order valence-corrected chi connectivity index (χ3v) is 5.96. The number of carbonyl (C=O) groups is 2. The van der Waals surface area contributed by atoms with Crippen molar-refractivity contribution in [3.63, 3.8) is 0 Å². The number of amides is 1. The number of benzene rings is 1. The zero-order valence-corrected chi connectivity index (χ0v) is 13.4. The van der Waals surface area contributed by atoms with Crippen LogP contribution in [-0.2, 0) is 9.59 Å². The highest BCUT2D eigenvalue weighted by atomic mass is 19.1. The maximum absolute atomic E-state index is 12.9. The average molecular weight is 307 g/mol. The van der Waals surface area contributed by atoms with Gasteiger partial charge in [0.25, 0.3) is 0 Å². The molecule has 0 aromatic heterocycles. The van der Waals surface area contributed by atoms with Crippen molar-refractivity contribution in [1.82, 2.24) is 0 Å². The van der Waals surface area contributed by atoms with Gasteiger partial charge in [-0.25, -0.2) is 4.39 Å². The molecule has 120 valence electrons. The summed E-state index contributed by atoms with van der Waals surface area (Å²) in [4.78, 5) is 24.4. The van der Waals surface area contributed by atoms with Crippen LogP contribution in [0.25, 0.3) is 0 Å². The fourth-order valence-corrected chi connectivity index (χ4v) is 3.31. The molecule has 2 unspecified atom stereocenters. The Morgan fingerprint density at radius 1 is 1.05 bits per heavy atom. The number of carbonyl (C=O) groups excluding carboxylic acids is 1. The number of rotatable bonds is 3. The van der Waals surface area contributed by atoms with Gasteiger partial charge in [0, 0.05) is 5.69 Å². The minimum Gasteiger partial charge on any atom is -0.481 e. The van der Waals surface area contributed by atoms with Crippen molar-refractivity contribution >= 4 is 17.6 Å². The molecule has 1 fully saturated rings. The SMILES string of the molecule is CC1(C(=O)O)CCC(C)(C(=O)Nc2ccc(F)cc2)C1(C)C. The summed E-state index contributed by atoms with van der Waals surface area (Å²) in [6, 6.07) is 5.54. The fourth-order valence-electron chi connectivity index (χ4n) is 3.31. The van der Waals surface area contributed by atoms with Crippen LogP contribution >= 0.6 is 0 Å². The maximum atomic E-state index is 12.9. The van der Waals surface area contributed by atoms with E-state index in [2.05, 4.69) is 5.32 Å². The van der Waals surface area contributed by atoms with Crippen LogP contribution in [0, 0.1) is 22.1 Å². The summed E-state index contributed by atoms with van der Waals surface area (Å²) in [5.74, 6) is -1.48. The standard InChI is InChI=1S/C17H22FNO3/c1-15(2)16(3,9-10-17(15,4)14(21)22)13(20)19-12-7-5-11(18)6-8-12/h5-8H,9-10H2,1-4H3,(H,19,20)(H,21,22). The van der Waals surface area contributed by atoms with E-state index < -0.39 is 22.2 Å². The van der Waals surface area contributed by atoms with Crippen LogP contribution in [0.4, 0.5) is 10.1 Å². The Morgan fingerprint density at radius 3 is 2.00 bits per heavy atom. The van der Waals surface area contributed by atoms with E-state index in [-0.39, 0.29) is 11.7 Å². The topological polar surface area (TPSA) is 66.4 Å². The molecule has 1 aliphatic carbocycles. The molecule has 0 radical (unpaired) electrons. The first kappa shape index (κ1) is 16.5. The molecule has 22 heavy (non-hydrogen) atoms. The summed E-state index contributed by atoms with van der Waals surface area (Å²) >= 11 is 0. The molecular weight excluding hydrogens is 285 g/mol. The molecule has 5 heteroatoms. The molecule has 1 saturated carbocycles. The second-order valence-electron chi connectivity index (χ2n) is 7.06. The molecule has 1 aliphatic rings. The summed E-state index contributed by atoms with van der Waals surface area (Å²) in [6.45, 7) is 7.17. The van der Waals surface area contributed by atoms with Crippen LogP contribution in [0.15, 0.2) is 24.3 Å². The van der Waals surface area contributed by atoms with Crippen molar-refractivity contribution in [2.24, 2.45) is 16.2 Å². The average Bonchev–Trinajstić information content (AvgIpc) is 2.64. The number of anilines is 1. The monoisotopic (exact) mass is 307 g/mol. The minimum atomic E-state index is -0.956. The van der Waals surface area contributed by atoms with Crippen LogP contribution in [0.1, 0.15) is 40.5 Å². The Kier molecular flexibility index (Phi) is 3.80. The van der Waals surface area contributed by atoms with Crippen molar-refractivity contribution < 1.29 is 19.1 Å². The molecular formula is C17H22FNO3. The molecule has 0 aliphatic heterocycles. The van der Waals surface area contributed by atoms with Gasteiger partial charge in [-0.1, -0.05) is 20.8 Å². The molecule has 0 spiro atoms. The van der Waals surface area contributed by atoms with Gasteiger partial charge >= 0.3 is 5.97 Å². The van der Waals surface area contributed by atoms with Crippen LogP contribution in [-0.4, -0.2) is 17.0 Å². The zero-order valence-electron chi connectivity index (χ0n) is 13.4. The lowest BCUT2D eigenvalue weighted by Gasteiger charge is -2.44. The Hall–Kier alpha value is -1.91. The second-order valence-corrected chi connectivity index (χ2v) is 7.06. The maximum Gasteiger partial charge on any atom is 0.309 e. The van der Waals surface area contributed by atoms with E-state index in [0.29, 0.717) is 18.5 Å². The molecule has 2 rings (SSSR count). The Labute approximate surface area is 129 Å². The van der Waals surface area contributed by atoms with E-state index in [9.17, 15) is 19.1 Å². The fraction of sp³-hybridized carbons (Fsp3) is 0.529. The number of nitrogens with one attached hydrogen (secondary N) is 1. The van der Waals surface area contributed by atoms with E-state index >= 15 is 0 Å². The zero-order chi connectivity index (χ0) is 16.8. The highest BCUT2D eigenvalue weighted by Gasteiger charge is 2.64. The summed E-state index contributed by atoms with van der Waals surface area (Å²) in [5.41, 5.74) is -1.97. The lowest BCUT2D eigenvalue weighted by Crippen LogP contribution is -2.49. The predicted octanol–water partition coefficient (Wildman–Crippen LogP) is 3.68. The second kappa shape index (κ2) is 5.07. The third-order valence-electron chi connectivity index (χ3n) is 5.96. The van der Waals surface area contributed by atoms with Crippen LogP contribution < -0.4 is 5.32 Å². The number of halogens is 1. The minimum absolute atomic E-state index is 0.228. The van der Waals surface area contributed by atoms with Gasteiger partial charge in [-0.2, -0.15) is 0 Å². The first-order chi connectivity index (χ1) is 10.0. The summed E-state index contributed by atoms with van der Waals surface area (Å²) in [6.07, 6.45) is 0.943. The number of carboxylic acids is 1. The Bertz CT molecular complexity index is 611. The molecule has 0 bridgehead atoms. The summed E-state index contributed by atoms with van der Waals surface area (Å²) in [7, 11) is 0. The largest absolute Gasteiger partial charge is 0.481 e. The molecule has 0 saturated heterocycles. The van der Waals surface area contributed by atoms with E-state index in [1.54, 1.807) is 13.8 Å². The van der Waals surface area contributed by atoms with Crippen LogP contribution in [0.3, 0.4) is 0 Å². The van der Waals surface area contributed by atoms with Crippen molar-refractivity contribution in [1.29, 1.82) is 0 Å². The van der Waals surface area contributed by atoms with Gasteiger partial charge < -0.3 is 10.4 Å². The smallest absolute Gasteiger partial charge is 0.309 e. The third kappa shape index (κ3) is 2.19. The molecule has 1 aromatic rings. The lowest BCUT2D eigenvalue weighted by molar-refractivity contribution is -0.157. The normalized spacial score (nSPS) is 30.0. The van der Waals surface area contributed by atoms with Crippen LogP contribution in [0.2, 0.25) is 0 Å². The molecule has 4 nitrogen and oxygen atoms in total. The molecule has 1 aromatic carbocycles. The molecule has 0 heterocycles. The Morgan fingerprint density at radius 2 is 1.55 bits per heavy atom. The van der Waals surface area contributed by atoms with Crippen LogP contribution in [0.5, 0.6) is 0 Å². The number of carboxylic acid groups (broad SMARTS) is 1. The van der Waals surface area contributed by atoms with E-state index in [4.69, 9.17) is 0 Å². The lowest BCUT2D eigenvalue weighted by atomic mass is 9.59. The summed E-state index contributed by atoms with van der Waals surface area (Å²) < 4.78 is 12.9.